The van der Waals surface area contributed by atoms with Gasteiger partial charge in [-0.2, -0.15) is 0 Å². The third-order valence-electron chi connectivity index (χ3n) is 0.524. The molecular formula is C6H13Br. The average molecular weight is 172 g/mol. The molecule has 0 nitrogen and oxygen atoms in total. The zero-order valence-electron chi connectivity index (χ0n) is 11.0. The van der Waals surface area contributed by atoms with Gasteiger partial charge in [0.25, 0.3) is 0 Å². The van der Waals surface area contributed by atoms with E-state index in [0.29, 0.717) is 11.8 Å². The highest BCUT2D eigenvalue weighted by molar-refractivity contribution is 9.09. The number of rotatable bonds is 4. The van der Waals surface area contributed by atoms with Crippen LogP contribution in [0.3, 0.4) is 0 Å². The van der Waals surface area contributed by atoms with E-state index in [-0.39, 0.29) is 6.42 Å². The van der Waals surface area contributed by atoms with Gasteiger partial charge in [-0.15, -0.1) is 0 Å². The number of halogens is 1. The standard InChI is InChI=1S/C6H13Br/c1-2-3-4-5-6-7/h2-6H2,1H3/i1D3,2D2,3D2. The van der Waals surface area contributed by atoms with Crippen LogP contribution >= 0.6 is 15.9 Å². The highest BCUT2D eigenvalue weighted by Crippen LogP contribution is 1.99. The third kappa shape index (κ3) is 6.48. The Morgan fingerprint density at radius 2 is 2.57 bits per heavy atom. The van der Waals surface area contributed by atoms with E-state index in [1.165, 1.54) is 0 Å². The first kappa shape index (κ1) is 1.73. The van der Waals surface area contributed by atoms with Gasteiger partial charge in [-0.25, -0.2) is 0 Å². The lowest BCUT2D eigenvalue weighted by molar-refractivity contribution is 0.708. The van der Waals surface area contributed by atoms with Crippen LogP contribution in [0.5, 0.6) is 0 Å². The fourth-order valence-corrected chi connectivity index (χ4v) is 0.498. The lowest BCUT2D eigenvalue weighted by Gasteiger charge is -1.89. The lowest BCUT2D eigenvalue weighted by Crippen LogP contribution is -1.73. The summed E-state index contributed by atoms with van der Waals surface area (Å²) in [5.74, 6) is 0. The van der Waals surface area contributed by atoms with Crippen molar-refractivity contribution in [3.63, 3.8) is 0 Å². The monoisotopic (exact) mass is 171 g/mol. The highest BCUT2D eigenvalue weighted by Gasteiger charge is 1.81. The summed E-state index contributed by atoms with van der Waals surface area (Å²) in [6, 6.07) is 0. The Hall–Kier alpha value is 0.480. The van der Waals surface area contributed by atoms with Crippen molar-refractivity contribution in [3.8, 4) is 0 Å². The third-order valence-corrected chi connectivity index (χ3v) is 1.08. The average Bonchev–Trinajstić information content (AvgIpc) is 1.98. The van der Waals surface area contributed by atoms with Gasteiger partial charge in [-0.05, 0) is 6.42 Å². The topological polar surface area (TPSA) is 0 Å². The van der Waals surface area contributed by atoms with Gasteiger partial charge in [0, 0.05) is 14.9 Å². The molecule has 0 heterocycles. The molecule has 0 radical (unpaired) electrons. The van der Waals surface area contributed by atoms with Crippen molar-refractivity contribution in [1.29, 1.82) is 0 Å². The Kier molecular flexibility index (Phi) is 1.60. The van der Waals surface area contributed by atoms with Crippen molar-refractivity contribution in [2.45, 2.75) is 32.4 Å². The van der Waals surface area contributed by atoms with Gasteiger partial charge in [0.15, 0.2) is 0 Å². The second-order valence-corrected chi connectivity index (χ2v) is 1.89. The van der Waals surface area contributed by atoms with E-state index in [4.69, 9.17) is 9.60 Å². The molecule has 0 aliphatic heterocycles. The fraction of sp³-hybridized carbons (Fsp3) is 1.00. The molecule has 0 aromatic carbocycles. The molecule has 0 spiro atoms. The minimum absolute atomic E-state index is 0.107. The second-order valence-electron chi connectivity index (χ2n) is 1.09. The van der Waals surface area contributed by atoms with Crippen molar-refractivity contribution in [2.75, 3.05) is 5.33 Å². The second kappa shape index (κ2) is 6.48. The Morgan fingerprint density at radius 3 is 3.14 bits per heavy atom. The molecule has 0 fully saturated rings. The molecule has 0 aromatic heterocycles. The Bertz CT molecular complexity index is 185. The first-order valence-corrected chi connectivity index (χ1v) is 3.24. The van der Waals surface area contributed by atoms with Gasteiger partial charge in [0.2, 0.25) is 0 Å². The molecule has 0 saturated heterocycles. The number of hydrogen-bond donors (Lipinski definition) is 0. The summed E-state index contributed by atoms with van der Waals surface area (Å²) in [6.45, 7) is -2.93. The minimum atomic E-state index is -2.93. The molecule has 0 aliphatic carbocycles. The summed E-state index contributed by atoms with van der Waals surface area (Å²) in [5, 5.41) is 0.531. The van der Waals surface area contributed by atoms with Crippen LogP contribution in [-0.2, 0) is 0 Å². The lowest BCUT2D eigenvalue weighted by atomic mass is 10.2. The van der Waals surface area contributed by atoms with Crippen LogP contribution < -0.4 is 0 Å². The van der Waals surface area contributed by atoms with Crippen molar-refractivity contribution < 1.29 is 9.60 Å². The Labute approximate surface area is 64.3 Å². The molecule has 44 valence electrons. The maximum Gasteiger partial charge on any atom is 0.0266 e. The summed E-state index contributed by atoms with van der Waals surface area (Å²) >= 11 is 3.09. The molecule has 0 rings (SSSR count). The van der Waals surface area contributed by atoms with Crippen molar-refractivity contribution in [1.82, 2.24) is 0 Å². The molecule has 0 aromatic rings. The molecule has 0 saturated carbocycles. The van der Waals surface area contributed by atoms with Crippen molar-refractivity contribution >= 4 is 15.9 Å². The zero-order chi connectivity index (χ0) is 11.6. The molecule has 0 amide bonds. The van der Waals surface area contributed by atoms with E-state index in [0.717, 1.165) is 0 Å². The van der Waals surface area contributed by atoms with Gasteiger partial charge >= 0.3 is 0 Å². The van der Waals surface area contributed by atoms with E-state index in [2.05, 4.69) is 15.9 Å². The zero-order valence-corrected chi connectivity index (χ0v) is 5.59. The van der Waals surface area contributed by atoms with Gasteiger partial charge in [0.1, 0.15) is 0 Å². The molecule has 0 atom stereocenters. The van der Waals surface area contributed by atoms with Gasteiger partial charge in [-0.1, -0.05) is 41.9 Å². The summed E-state index contributed by atoms with van der Waals surface area (Å²) in [7, 11) is 0. The van der Waals surface area contributed by atoms with E-state index < -0.39 is 19.6 Å². The fourth-order valence-electron chi connectivity index (χ4n) is 0.218. The molecular weight excluding hydrogens is 152 g/mol. The predicted octanol–water partition coefficient (Wildman–Crippen LogP) is 2.96. The first-order chi connectivity index (χ1) is 6.06. The minimum Gasteiger partial charge on any atom is -0.0928 e. The van der Waals surface area contributed by atoms with Gasteiger partial charge in [0.05, 0.1) is 0 Å². The van der Waals surface area contributed by atoms with Crippen LogP contribution in [0, 0.1) is 0 Å². The van der Waals surface area contributed by atoms with Crippen LogP contribution in [0.1, 0.15) is 42.0 Å². The Morgan fingerprint density at radius 1 is 1.71 bits per heavy atom. The Balaban J connectivity index is 4.69. The van der Waals surface area contributed by atoms with Crippen LogP contribution in [0.4, 0.5) is 0 Å². The molecule has 7 heavy (non-hydrogen) atoms. The molecule has 0 unspecified atom stereocenters. The SMILES string of the molecule is [2H]C([2H])([2H])C([2H])([2H])C([2H])([2H])CCCBr. The molecule has 0 aliphatic rings. The largest absolute Gasteiger partial charge is 0.0928 e. The maximum atomic E-state index is 7.40. The molecule has 0 N–H and O–H groups in total. The smallest absolute Gasteiger partial charge is 0.0266 e. The summed E-state index contributed by atoms with van der Waals surface area (Å²) in [5.41, 5.74) is 0. The van der Waals surface area contributed by atoms with Gasteiger partial charge < -0.3 is 0 Å². The van der Waals surface area contributed by atoms with E-state index in [9.17, 15) is 0 Å². The summed E-state index contributed by atoms with van der Waals surface area (Å²) in [6.07, 6.45) is -4.83. The molecule has 0 bridgehead atoms. The van der Waals surface area contributed by atoms with Crippen LogP contribution in [-0.4, -0.2) is 5.33 Å². The maximum absolute atomic E-state index is 7.40. The predicted molar refractivity (Wildman–Crippen MR) is 37.9 cm³/mol. The van der Waals surface area contributed by atoms with Crippen LogP contribution in [0.15, 0.2) is 0 Å². The summed E-state index contributed by atoms with van der Waals surface area (Å²) < 4.78 is 50.1. The van der Waals surface area contributed by atoms with Crippen molar-refractivity contribution in [3.05, 3.63) is 0 Å². The van der Waals surface area contributed by atoms with E-state index >= 15 is 0 Å². The molecule has 1 heteroatoms. The van der Waals surface area contributed by atoms with Crippen LogP contribution in [0.25, 0.3) is 0 Å². The number of hydrogen-bond acceptors (Lipinski definition) is 0. The van der Waals surface area contributed by atoms with E-state index in [1.54, 1.807) is 0 Å². The van der Waals surface area contributed by atoms with Gasteiger partial charge in [-0.3, -0.25) is 0 Å². The summed E-state index contributed by atoms with van der Waals surface area (Å²) in [4.78, 5) is 0. The normalized spacial score (nSPS) is 30.1. The van der Waals surface area contributed by atoms with Crippen molar-refractivity contribution in [2.24, 2.45) is 0 Å². The quantitative estimate of drug-likeness (QED) is 0.572. The van der Waals surface area contributed by atoms with E-state index in [1.807, 2.05) is 0 Å². The number of alkyl halides is 1. The first-order valence-electron chi connectivity index (χ1n) is 5.62. The highest BCUT2D eigenvalue weighted by atomic mass is 79.9. The van der Waals surface area contributed by atoms with Crippen LogP contribution in [0.2, 0.25) is 0 Å².